The van der Waals surface area contributed by atoms with Crippen LogP contribution in [0.5, 0.6) is 5.75 Å². The number of ether oxygens (including phenoxy) is 1. The molecule has 0 atom stereocenters. The van der Waals surface area contributed by atoms with E-state index in [2.05, 4.69) is 23.5 Å². The molecule has 2 aromatic rings. The van der Waals surface area contributed by atoms with E-state index in [9.17, 15) is 0 Å². The first-order valence-corrected chi connectivity index (χ1v) is 6.85. The average Bonchev–Trinajstić information content (AvgIpc) is 2.88. The monoisotopic (exact) mass is 293 g/mol. The lowest BCUT2D eigenvalue weighted by Gasteiger charge is -2.10. The van der Waals surface area contributed by atoms with Gasteiger partial charge in [0.2, 0.25) is 0 Å². The maximum absolute atomic E-state index is 6.31. The largest absolute Gasteiger partial charge is 0.495 e. The number of benzene rings is 2. The molecule has 1 heterocycles. The number of nitrogens with one attached hydrogen (secondary N) is 1. The van der Waals surface area contributed by atoms with Crippen molar-refractivity contribution in [1.29, 1.82) is 0 Å². The fourth-order valence-corrected chi connectivity index (χ4v) is 2.87. The maximum atomic E-state index is 6.31. The lowest BCUT2D eigenvalue weighted by atomic mass is 10.0. The predicted octanol–water partition coefficient (Wildman–Crippen LogP) is 4.64. The van der Waals surface area contributed by atoms with Crippen molar-refractivity contribution in [2.45, 2.75) is 6.42 Å². The molecule has 0 saturated heterocycles. The minimum Gasteiger partial charge on any atom is -0.495 e. The number of rotatable bonds is 2. The third-order valence-electron chi connectivity index (χ3n) is 3.37. The lowest BCUT2D eigenvalue weighted by molar-refractivity contribution is 0.415. The van der Waals surface area contributed by atoms with Gasteiger partial charge in [-0.15, -0.1) is 0 Å². The standard InChI is InChI=1S/C15H13Cl2NO/c1-19-15-8-12(16)11(7-13(15)17)10-3-2-9-4-5-18-14(9)6-10/h2-3,6-8,18H,4-5H2,1H3. The van der Waals surface area contributed by atoms with Crippen LogP contribution in [-0.2, 0) is 6.42 Å². The van der Waals surface area contributed by atoms with E-state index in [1.165, 1.54) is 11.3 Å². The molecular formula is C15H13Cl2NO. The van der Waals surface area contributed by atoms with E-state index in [-0.39, 0.29) is 0 Å². The summed E-state index contributed by atoms with van der Waals surface area (Å²) >= 11 is 12.5. The van der Waals surface area contributed by atoms with Gasteiger partial charge in [0.15, 0.2) is 0 Å². The lowest BCUT2D eigenvalue weighted by Crippen LogP contribution is -1.91. The molecule has 1 aliphatic heterocycles. The van der Waals surface area contributed by atoms with E-state index in [0.717, 1.165) is 24.1 Å². The second-order valence-electron chi connectivity index (χ2n) is 4.52. The zero-order chi connectivity index (χ0) is 13.4. The van der Waals surface area contributed by atoms with Gasteiger partial charge >= 0.3 is 0 Å². The Kier molecular flexibility index (Phi) is 3.29. The van der Waals surface area contributed by atoms with Crippen molar-refractivity contribution in [3.63, 3.8) is 0 Å². The minimum absolute atomic E-state index is 0.565. The second-order valence-corrected chi connectivity index (χ2v) is 5.33. The van der Waals surface area contributed by atoms with Gasteiger partial charge in [-0.2, -0.15) is 0 Å². The van der Waals surface area contributed by atoms with E-state index in [1.54, 1.807) is 13.2 Å². The molecule has 0 radical (unpaired) electrons. The fraction of sp³-hybridized carbons (Fsp3) is 0.200. The van der Waals surface area contributed by atoms with Crippen molar-refractivity contribution in [3.8, 4) is 16.9 Å². The third-order valence-corrected chi connectivity index (χ3v) is 3.98. The van der Waals surface area contributed by atoms with Gasteiger partial charge in [0.05, 0.1) is 17.2 Å². The molecule has 0 spiro atoms. The van der Waals surface area contributed by atoms with Crippen molar-refractivity contribution >= 4 is 28.9 Å². The zero-order valence-corrected chi connectivity index (χ0v) is 12.0. The highest BCUT2D eigenvalue weighted by Crippen LogP contribution is 2.38. The van der Waals surface area contributed by atoms with Gasteiger partial charge < -0.3 is 10.1 Å². The summed E-state index contributed by atoms with van der Waals surface area (Å²) < 4.78 is 5.16. The van der Waals surface area contributed by atoms with Crippen LogP contribution in [0.3, 0.4) is 0 Å². The van der Waals surface area contributed by atoms with Crippen LogP contribution in [0.15, 0.2) is 30.3 Å². The molecule has 0 aliphatic carbocycles. The van der Waals surface area contributed by atoms with Crippen LogP contribution in [0.4, 0.5) is 5.69 Å². The summed E-state index contributed by atoms with van der Waals surface area (Å²) in [4.78, 5) is 0. The topological polar surface area (TPSA) is 21.3 Å². The van der Waals surface area contributed by atoms with Crippen molar-refractivity contribution < 1.29 is 4.74 Å². The Morgan fingerprint density at radius 2 is 1.95 bits per heavy atom. The van der Waals surface area contributed by atoms with Gasteiger partial charge in [-0.25, -0.2) is 0 Å². The van der Waals surface area contributed by atoms with Gasteiger partial charge in [-0.1, -0.05) is 35.3 Å². The molecule has 0 aromatic heterocycles. The zero-order valence-electron chi connectivity index (χ0n) is 10.5. The Labute approximate surface area is 122 Å². The van der Waals surface area contributed by atoms with Crippen molar-refractivity contribution in [3.05, 3.63) is 45.9 Å². The molecule has 1 aliphatic rings. The Hall–Kier alpha value is -1.38. The summed E-state index contributed by atoms with van der Waals surface area (Å²) in [6, 6.07) is 9.93. The molecule has 0 amide bonds. The van der Waals surface area contributed by atoms with Gasteiger partial charge in [0.25, 0.3) is 0 Å². The number of hydrogen-bond acceptors (Lipinski definition) is 2. The number of anilines is 1. The van der Waals surface area contributed by atoms with Gasteiger partial charge in [-0.3, -0.25) is 0 Å². The van der Waals surface area contributed by atoms with Crippen LogP contribution >= 0.6 is 23.2 Å². The fourth-order valence-electron chi connectivity index (χ4n) is 2.36. The number of fused-ring (bicyclic) bond motifs is 1. The molecule has 0 unspecified atom stereocenters. The Bertz CT molecular complexity index is 640. The van der Waals surface area contributed by atoms with Crippen molar-refractivity contribution in [1.82, 2.24) is 0 Å². The van der Waals surface area contributed by atoms with Crippen LogP contribution in [-0.4, -0.2) is 13.7 Å². The van der Waals surface area contributed by atoms with Crippen molar-refractivity contribution in [2.24, 2.45) is 0 Å². The number of methoxy groups -OCH3 is 1. The molecule has 0 saturated carbocycles. The first kappa shape index (κ1) is 12.6. The van der Waals surface area contributed by atoms with Crippen LogP contribution in [0.1, 0.15) is 5.56 Å². The van der Waals surface area contributed by atoms with E-state index < -0.39 is 0 Å². The average molecular weight is 294 g/mol. The summed E-state index contributed by atoms with van der Waals surface area (Å²) in [5.74, 6) is 0.592. The van der Waals surface area contributed by atoms with Crippen LogP contribution < -0.4 is 10.1 Å². The molecule has 2 aromatic carbocycles. The molecule has 3 rings (SSSR count). The third kappa shape index (κ3) is 2.26. The molecule has 1 N–H and O–H groups in total. The molecule has 0 bridgehead atoms. The Balaban J connectivity index is 2.09. The summed E-state index contributed by atoms with van der Waals surface area (Å²) in [5.41, 5.74) is 4.51. The number of hydrogen-bond donors (Lipinski definition) is 1. The van der Waals surface area contributed by atoms with Gasteiger partial charge in [0, 0.05) is 23.9 Å². The molecule has 98 valence electrons. The van der Waals surface area contributed by atoms with Gasteiger partial charge in [-0.05, 0) is 29.7 Å². The smallest absolute Gasteiger partial charge is 0.138 e. The van der Waals surface area contributed by atoms with Crippen molar-refractivity contribution in [2.75, 3.05) is 19.0 Å². The highest BCUT2D eigenvalue weighted by molar-refractivity contribution is 6.36. The molecule has 19 heavy (non-hydrogen) atoms. The summed E-state index contributed by atoms with van der Waals surface area (Å²) in [5, 5.41) is 4.57. The van der Waals surface area contributed by atoms with E-state index >= 15 is 0 Å². The van der Waals surface area contributed by atoms with E-state index in [0.29, 0.717) is 15.8 Å². The Morgan fingerprint density at radius 3 is 2.74 bits per heavy atom. The highest BCUT2D eigenvalue weighted by atomic mass is 35.5. The SMILES string of the molecule is COc1cc(Cl)c(-c2ccc3c(c2)NCC3)cc1Cl. The quantitative estimate of drug-likeness (QED) is 0.871. The maximum Gasteiger partial charge on any atom is 0.138 e. The number of halogens is 2. The van der Waals surface area contributed by atoms with Crippen LogP contribution in [0.2, 0.25) is 10.0 Å². The Morgan fingerprint density at radius 1 is 1.11 bits per heavy atom. The minimum atomic E-state index is 0.565. The molecule has 4 heteroatoms. The summed E-state index contributed by atoms with van der Waals surface area (Å²) in [6.45, 7) is 0.996. The summed E-state index contributed by atoms with van der Waals surface area (Å²) in [6.07, 6.45) is 1.08. The van der Waals surface area contributed by atoms with Crippen LogP contribution in [0, 0.1) is 0 Å². The van der Waals surface area contributed by atoms with Crippen LogP contribution in [0.25, 0.3) is 11.1 Å². The first-order valence-electron chi connectivity index (χ1n) is 6.09. The highest BCUT2D eigenvalue weighted by Gasteiger charge is 2.14. The summed E-state index contributed by atoms with van der Waals surface area (Å²) in [7, 11) is 1.58. The second kappa shape index (κ2) is 4.95. The normalized spacial score (nSPS) is 13.0. The first-order chi connectivity index (χ1) is 9.19. The van der Waals surface area contributed by atoms with Gasteiger partial charge in [0.1, 0.15) is 5.75 Å². The van der Waals surface area contributed by atoms with E-state index in [4.69, 9.17) is 27.9 Å². The predicted molar refractivity (Wildman–Crippen MR) is 80.6 cm³/mol. The molecule has 0 fully saturated rings. The molecular weight excluding hydrogens is 281 g/mol. The molecule has 2 nitrogen and oxygen atoms in total. The van der Waals surface area contributed by atoms with E-state index in [1.807, 2.05) is 6.07 Å².